The summed E-state index contributed by atoms with van der Waals surface area (Å²) in [6.07, 6.45) is 0. The Morgan fingerprint density at radius 3 is 2.60 bits per heavy atom. The van der Waals surface area contributed by atoms with E-state index in [2.05, 4.69) is 5.16 Å². The van der Waals surface area contributed by atoms with Crippen LogP contribution < -0.4 is 4.74 Å². The molecule has 0 fully saturated rings. The first-order valence-electron chi connectivity index (χ1n) is 6.39. The van der Waals surface area contributed by atoms with E-state index in [1.807, 2.05) is 32.9 Å². The van der Waals surface area contributed by atoms with Gasteiger partial charge in [0.25, 0.3) is 0 Å². The molecule has 20 heavy (non-hydrogen) atoms. The van der Waals surface area contributed by atoms with Crippen LogP contribution in [0, 0.1) is 20.8 Å². The lowest BCUT2D eigenvalue weighted by molar-refractivity contribution is 0.0696. The molecule has 2 rings (SSSR count). The van der Waals surface area contributed by atoms with Crippen LogP contribution in [0.4, 0.5) is 0 Å². The third-order valence-electron chi connectivity index (χ3n) is 3.14. The second-order valence-corrected chi connectivity index (χ2v) is 4.64. The van der Waals surface area contributed by atoms with E-state index in [1.54, 1.807) is 6.92 Å². The molecule has 0 aliphatic rings. The second kappa shape index (κ2) is 5.36. The molecule has 0 aliphatic carbocycles. The first kappa shape index (κ1) is 14.1. The first-order valence-corrected chi connectivity index (χ1v) is 6.39. The summed E-state index contributed by atoms with van der Waals surface area (Å²) >= 11 is 0. The molecule has 1 N–H and O–H groups in total. The summed E-state index contributed by atoms with van der Waals surface area (Å²) in [6, 6.07) is 3.75. The second-order valence-electron chi connectivity index (χ2n) is 4.64. The van der Waals surface area contributed by atoms with Gasteiger partial charge in [0, 0.05) is 5.56 Å². The number of nitrogens with zero attached hydrogens (tertiary/aromatic N) is 1. The molecule has 2 aromatic rings. The van der Waals surface area contributed by atoms with Crippen LogP contribution in [-0.2, 0) is 0 Å². The highest BCUT2D eigenvalue weighted by atomic mass is 16.5. The molecule has 0 saturated carbocycles. The van der Waals surface area contributed by atoms with Gasteiger partial charge in [-0.1, -0.05) is 5.16 Å². The van der Waals surface area contributed by atoms with Gasteiger partial charge in [0.05, 0.1) is 12.3 Å². The molecule has 106 valence electrons. The highest BCUT2D eigenvalue weighted by Gasteiger charge is 2.23. The molecule has 0 bridgehead atoms. The highest BCUT2D eigenvalue weighted by molar-refractivity contribution is 5.95. The van der Waals surface area contributed by atoms with Crippen molar-refractivity contribution in [2.24, 2.45) is 0 Å². The number of hydrogen-bond acceptors (Lipinski definition) is 4. The van der Waals surface area contributed by atoms with E-state index in [4.69, 9.17) is 9.26 Å². The fourth-order valence-electron chi connectivity index (χ4n) is 2.15. The zero-order valence-electron chi connectivity index (χ0n) is 12.0. The van der Waals surface area contributed by atoms with Crippen LogP contribution in [-0.4, -0.2) is 22.8 Å². The van der Waals surface area contributed by atoms with Crippen molar-refractivity contribution in [3.8, 4) is 17.1 Å². The van der Waals surface area contributed by atoms with Crippen LogP contribution >= 0.6 is 0 Å². The van der Waals surface area contributed by atoms with Gasteiger partial charge < -0.3 is 14.4 Å². The van der Waals surface area contributed by atoms with Crippen molar-refractivity contribution in [1.29, 1.82) is 0 Å². The Balaban J connectivity index is 2.59. The highest BCUT2D eigenvalue weighted by Crippen LogP contribution is 2.33. The number of carbonyl (C=O) groups is 1. The standard InChI is InChI=1S/C15H17NO4/c1-5-19-12-7-8(2)11(6-9(12)3)14-13(15(17)18)10(4)16-20-14/h6-7H,5H2,1-4H3,(H,17,18). The normalized spacial score (nSPS) is 10.6. The zero-order valence-corrected chi connectivity index (χ0v) is 12.0. The summed E-state index contributed by atoms with van der Waals surface area (Å²) in [4.78, 5) is 11.3. The SMILES string of the molecule is CCOc1cc(C)c(-c2onc(C)c2C(=O)O)cc1C. The van der Waals surface area contributed by atoms with Gasteiger partial charge in [0.1, 0.15) is 11.3 Å². The Morgan fingerprint density at radius 2 is 2.00 bits per heavy atom. The minimum absolute atomic E-state index is 0.108. The Kier molecular flexibility index (Phi) is 3.79. The van der Waals surface area contributed by atoms with E-state index < -0.39 is 5.97 Å². The van der Waals surface area contributed by atoms with Crippen molar-refractivity contribution >= 4 is 5.97 Å². The van der Waals surface area contributed by atoms with Gasteiger partial charge in [-0.05, 0) is 51.0 Å². The average molecular weight is 275 g/mol. The lowest BCUT2D eigenvalue weighted by Gasteiger charge is -2.11. The summed E-state index contributed by atoms with van der Waals surface area (Å²) < 4.78 is 10.7. The maximum atomic E-state index is 11.3. The Labute approximate surface area is 117 Å². The van der Waals surface area contributed by atoms with Crippen molar-refractivity contribution in [3.05, 3.63) is 34.5 Å². The van der Waals surface area contributed by atoms with Crippen LogP contribution in [0.2, 0.25) is 0 Å². The van der Waals surface area contributed by atoms with E-state index >= 15 is 0 Å². The van der Waals surface area contributed by atoms with E-state index in [-0.39, 0.29) is 5.56 Å². The average Bonchev–Trinajstić information content (AvgIpc) is 2.75. The molecule has 5 heteroatoms. The van der Waals surface area contributed by atoms with Gasteiger partial charge >= 0.3 is 5.97 Å². The zero-order chi connectivity index (χ0) is 14.9. The maximum absolute atomic E-state index is 11.3. The Bertz CT molecular complexity index is 658. The predicted molar refractivity (Wildman–Crippen MR) is 74.3 cm³/mol. The monoisotopic (exact) mass is 275 g/mol. The van der Waals surface area contributed by atoms with Crippen molar-refractivity contribution in [2.45, 2.75) is 27.7 Å². The molecule has 0 unspecified atom stereocenters. The van der Waals surface area contributed by atoms with E-state index in [0.717, 1.165) is 22.4 Å². The lowest BCUT2D eigenvalue weighted by Crippen LogP contribution is -2.01. The topological polar surface area (TPSA) is 72.6 Å². The third-order valence-corrected chi connectivity index (χ3v) is 3.14. The van der Waals surface area contributed by atoms with Gasteiger partial charge in [0.15, 0.2) is 5.76 Å². The minimum Gasteiger partial charge on any atom is -0.494 e. The molecule has 0 amide bonds. The fourth-order valence-corrected chi connectivity index (χ4v) is 2.15. The van der Waals surface area contributed by atoms with Gasteiger partial charge in [0.2, 0.25) is 0 Å². The Morgan fingerprint density at radius 1 is 1.30 bits per heavy atom. The van der Waals surface area contributed by atoms with Crippen molar-refractivity contribution in [2.75, 3.05) is 6.61 Å². The number of rotatable bonds is 4. The number of carboxylic acids is 1. The van der Waals surface area contributed by atoms with Crippen molar-refractivity contribution in [3.63, 3.8) is 0 Å². The van der Waals surface area contributed by atoms with Gasteiger partial charge in [-0.3, -0.25) is 0 Å². The number of aromatic nitrogens is 1. The molecule has 0 radical (unpaired) electrons. The number of carboxylic acid groups (broad SMARTS) is 1. The number of aromatic carboxylic acids is 1. The van der Waals surface area contributed by atoms with Crippen LogP contribution in [0.5, 0.6) is 5.75 Å². The molecule has 0 spiro atoms. The minimum atomic E-state index is -1.04. The smallest absolute Gasteiger partial charge is 0.341 e. The van der Waals surface area contributed by atoms with E-state index in [0.29, 0.717) is 18.1 Å². The lowest BCUT2D eigenvalue weighted by atomic mass is 9.99. The Hall–Kier alpha value is -2.30. The number of aryl methyl sites for hydroxylation is 3. The van der Waals surface area contributed by atoms with Crippen molar-refractivity contribution in [1.82, 2.24) is 5.16 Å². The van der Waals surface area contributed by atoms with Crippen LogP contribution in [0.15, 0.2) is 16.7 Å². The molecule has 5 nitrogen and oxygen atoms in total. The van der Waals surface area contributed by atoms with Crippen LogP contribution in [0.3, 0.4) is 0 Å². The number of benzene rings is 1. The third kappa shape index (κ3) is 2.39. The predicted octanol–water partition coefficient (Wildman–Crippen LogP) is 3.36. The number of ether oxygens (including phenoxy) is 1. The van der Waals surface area contributed by atoms with Crippen LogP contribution in [0.1, 0.15) is 34.1 Å². The fraction of sp³-hybridized carbons (Fsp3) is 0.333. The molecule has 1 aromatic carbocycles. The molecular formula is C15H17NO4. The molecular weight excluding hydrogens is 258 g/mol. The number of hydrogen-bond donors (Lipinski definition) is 1. The van der Waals surface area contributed by atoms with Crippen LogP contribution in [0.25, 0.3) is 11.3 Å². The summed E-state index contributed by atoms with van der Waals surface area (Å²) in [5, 5.41) is 13.0. The largest absolute Gasteiger partial charge is 0.494 e. The van der Waals surface area contributed by atoms with Gasteiger partial charge in [-0.25, -0.2) is 4.79 Å². The molecule has 0 saturated heterocycles. The quantitative estimate of drug-likeness (QED) is 0.926. The molecule has 0 atom stereocenters. The first-order chi connectivity index (χ1) is 9.45. The summed E-state index contributed by atoms with van der Waals surface area (Å²) in [5.41, 5.74) is 3.02. The molecule has 0 aliphatic heterocycles. The summed E-state index contributed by atoms with van der Waals surface area (Å²) in [7, 11) is 0. The maximum Gasteiger partial charge on any atom is 0.341 e. The van der Waals surface area contributed by atoms with E-state index in [9.17, 15) is 9.90 Å². The van der Waals surface area contributed by atoms with Gasteiger partial charge in [-0.2, -0.15) is 0 Å². The summed E-state index contributed by atoms with van der Waals surface area (Å²) in [6.45, 7) is 7.93. The molecule has 1 aromatic heterocycles. The summed E-state index contributed by atoms with van der Waals surface area (Å²) in [5.74, 6) is 0.0465. The van der Waals surface area contributed by atoms with E-state index in [1.165, 1.54) is 0 Å². The van der Waals surface area contributed by atoms with Gasteiger partial charge in [-0.15, -0.1) is 0 Å². The molecule has 1 heterocycles. The van der Waals surface area contributed by atoms with Crippen molar-refractivity contribution < 1.29 is 19.2 Å².